The van der Waals surface area contributed by atoms with Gasteiger partial charge in [0.05, 0.1) is 5.70 Å². The molecular formula is C23H25ClN2O2. The van der Waals surface area contributed by atoms with Crippen LogP contribution in [-0.2, 0) is 4.79 Å². The van der Waals surface area contributed by atoms with Crippen molar-refractivity contribution in [1.29, 1.82) is 0 Å². The summed E-state index contributed by atoms with van der Waals surface area (Å²) in [6.07, 6.45) is 7.09. The van der Waals surface area contributed by atoms with Crippen molar-refractivity contribution in [3.63, 3.8) is 0 Å². The topological polar surface area (TPSA) is 58.2 Å². The van der Waals surface area contributed by atoms with E-state index in [1.807, 2.05) is 24.3 Å². The summed E-state index contributed by atoms with van der Waals surface area (Å²) in [5.74, 6) is -0.649. The van der Waals surface area contributed by atoms with Gasteiger partial charge in [-0.25, -0.2) is 0 Å². The maximum atomic E-state index is 12.5. The lowest BCUT2D eigenvalue weighted by molar-refractivity contribution is -0.116. The molecule has 1 aliphatic heterocycles. The summed E-state index contributed by atoms with van der Waals surface area (Å²) >= 11 is 6.43. The average Bonchev–Trinajstić information content (AvgIpc) is 2.74. The monoisotopic (exact) mass is 396 g/mol. The molecule has 2 aromatic rings. The number of anilines is 1. The fraction of sp³-hybridized carbons (Fsp3) is 0.217. The Balaban J connectivity index is 0.000000640. The average molecular weight is 397 g/mol. The lowest BCUT2D eigenvalue weighted by Gasteiger charge is -2.24. The quantitative estimate of drug-likeness (QED) is 0.533. The lowest BCUT2D eigenvalue weighted by Crippen LogP contribution is -2.38. The second kappa shape index (κ2) is 10.5. The number of amides is 1. The number of dihydropyridines is 1. The highest BCUT2D eigenvalue weighted by molar-refractivity contribution is 6.40. The Labute approximate surface area is 171 Å². The summed E-state index contributed by atoms with van der Waals surface area (Å²) in [5.41, 5.74) is 1.43. The highest BCUT2D eigenvalue weighted by Gasteiger charge is 2.35. The Morgan fingerprint density at radius 3 is 2.11 bits per heavy atom. The fourth-order valence-electron chi connectivity index (χ4n) is 2.32. The molecule has 0 radical (unpaired) electrons. The predicted molar refractivity (Wildman–Crippen MR) is 115 cm³/mol. The summed E-state index contributed by atoms with van der Waals surface area (Å²) < 4.78 is 0. The van der Waals surface area contributed by atoms with Crippen LogP contribution in [-0.4, -0.2) is 16.6 Å². The van der Waals surface area contributed by atoms with E-state index in [-0.39, 0.29) is 11.5 Å². The number of alkyl halides is 1. The van der Waals surface area contributed by atoms with Gasteiger partial charge in [0.1, 0.15) is 0 Å². The van der Waals surface area contributed by atoms with Gasteiger partial charge in [0.25, 0.3) is 5.91 Å². The minimum atomic E-state index is -1.43. The van der Waals surface area contributed by atoms with Crippen LogP contribution < -0.4 is 10.6 Å². The van der Waals surface area contributed by atoms with E-state index < -0.39 is 10.8 Å². The van der Waals surface area contributed by atoms with Crippen molar-refractivity contribution in [2.24, 2.45) is 0 Å². The zero-order chi connectivity index (χ0) is 20.4. The van der Waals surface area contributed by atoms with Gasteiger partial charge in [-0.1, -0.05) is 86.8 Å². The standard InChI is InChI=1S/C19H15ClN2O2.C4H10/c20-19(18(24)22-15-9-5-2-6-10-15)11-12-21-16(13-19)17(23)14-7-3-1-4-8-14;1-3-4-2/h1-13,21H,(H,22,24);3-4H2,1-2H3. The van der Waals surface area contributed by atoms with Crippen molar-refractivity contribution in [2.75, 3.05) is 5.32 Å². The fourth-order valence-corrected chi connectivity index (χ4v) is 2.54. The molecule has 0 saturated heterocycles. The number of ketones is 1. The Morgan fingerprint density at radius 1 is 0.964 bits per heavy atom. The maximum absolute atomic E-state index is 12.5. The number of carbonyl (C=O) groups is 2. The molecule has 4 nitrogen and oxygen atoms in total. The molecule has 2 N–H and O–H groups in total. The highest BCUT2D eigenvalue weighted by Crippen LogP contribution is 2.26. The van der Waals surface area contributed by atoms with Gasteiger partial charge in [0.2, 0.25) is 5.78 Å². The Morgan fingerprint density at radius 2 is 1.54 bits per heavy atom. The van der Waals surface area contributed by atoms with Crippen molar-refractivity contribution in [3.8, 4) is 0 Å². The summed E-state index contributed by atoms with van der Waals surface area (Å²) in [6, 6.07) is 17.8. The maximum Gasteiger partial charge on any atom is 0.253 e. The van der Waals surface area contributed by atoms with Crippen LogP contribution >= 0.6 is 11.6 Å². The van der Waals surface area contributed by atoms with Crippen molar-refractivity contribution in [2.45, 2.75) is 31.6 Å². The van der Waals surface area contributed by atoms with Gasteiger partial charge in [0, 0.05) is 11.3 Å². The van der Waals surface area contributed by atoms with Crippen molar-refractivity contribution >= 4 is 29.0 Å². The van der Waals surface area contributed by atoms with E-state index in [1.165, 1.54) is 31.2 Å². The van der Waals surface area contributed by atoms with Gasteiger partial charge >= 0.3 is 0 Å². The molecule has 0 aromatic heterocycles. The van der Waals surface area contributed by atoms with E-state index in [4.69, 9.17) is 11.6 Å². The molecule has 28 heavy (non-hydrogen) atoms. The van der Waals surface area contributed by atoms with Gasteiger partial charge in [-0.3, -0.25) is 9.59 Å². The molecule has 0 fully saturated rings. The van der Waals surface area contributed by atoms with Crippen LogP contribution in [0.3, 0.4) is 0 Å². The molecule has 1 unspecified atom stereocenters. The number of benzene rings is 2. The van der Waals surface area contributed by atoms with E-state index in [1.54, 1.807) is 36.4 Å². The number of unbranched alkanes of at least 4 members (excludes halogenated alkanes) is 1. The molecule has 0 saturated carbocycles. The highest BCUT2D eigenvalue weighted by atomic mass is 35.5. The van der Waals surface area contributed by atoms with Gasteiger partial charge in [0.15, 0.2) is 4.87 Å². The van der Waals surface area contributed by atoms with Crippen molar-refractivity contribution in [1.82, 2.24) is 5.32 Å². The molecule has 1 atom stereocenters. The number of hydrogen-bond donors (Lipinski definition) is 2. The minimum absolute atomic E-state index is 0.225. The van der Waals surface area contributed by atoms with Crippen LogP contribution in [0.15, 0.2) is 84.7 Å². The van der Waals surface area contributed by atoms with Crippen molar-refractivity contribution < 1.29 is 9.59 Å². The number of carbonyl (C=O) groups excluding carboxylic acids is 2. The smallest absolute Gasteiger partial charge is 0.253 e. The predicted octanol–water partition coefficient (Wildman–Crippen LogP) is 5.29. The second-order valence-electron chi connectivity index (χ2n) is 6.32. The number of allylic oxidation sites excluding steroid dienone is 1. The molecule has 146 valence electrons. The number of Topliss-reactive ketones (excluding diaryl/α,β-unsaturated/α-hetero) is 1. The van der Waals surface area contributed by atoms with Crippen LogP contribution in [0.5, 0.6) is 0 Å². The van der Waals surface area contributed by atoms with Crippen LogP contribution in [0, 0.1) is 0 Å². The Kier molecular flexibility index (Phi) is 8.02. The van der Waals surface area contributed by atoms with Gasteiger partial charge in [-0.05, 0) is 30.5 Å². The first-order chi connectivity index (χ1) is 13.5. The SMILES string of the molecule is CCCC.O=C(C1=CC(Cl)(C(=O)Nc2ccccc2)C=CN1)c1ccccc1. The molecule has 1 aliphatic rings. The Bertz CT molecular complexity index is 845. The summed E-state index contributed by atoms with van der Waals surface area (Å²) in [4.78, 5) is 23.6. The number of nitrogens with one attached hydrogen (secondary N) is 2. The van der Waals surface area contributed by atoms with Gasteiger partial charge in [-0.15, -0.1) is 0 Å². The molecule has 0 bridgehead atoms. The minimum Gasteiger partial charge on any atom is -0.359 e. The zero-order valence-corrected chi connectivity index (χ0v) is 16.9. The normalized spacial score (nSPS) is 17.5. The van der Waals surface area contributed by atoms with E-state index >= 15 is 0 Å². The first-order valence-electron chi connectivity index (χ1n) is 9.32. The molecular weight excluding hydrogens is 372 g/mol. The third kappa shape index (κ3) is 5.83. The van der Waals surface area contributed by atoms with Crippen LogP contribution in [0.4, 0.5) is 5.69 Å². The van der Waals surface area contributed by atoms with Crippen LogP contribution in [0.1, 0.15) is 37.0 Å². The first-order valence-corrected chi connectivity index (χ1v) is 9.70. The lowest BCUT2D eigenvalue weighted by atomic mass is 9.99. The molecule has 2 aromatic carbocycles. The van der Waals surface area contributed by atoms with E-state index in [2.05, 4.69) is 24.5 Å². The molecule has 1 amide bonds. The third-order valence-electron chi connectivity index (χ3n) is 4.08. The van der Waals surface area contributed by atoms with E-state index in [0.29, 0.717) is 11.3 Å². The number of rotatable bonds is 5. The van der Waals surface area contributed by atoms with Crippen molar-refractivity contribution in [3.05, 3.63) is 90.3 Å². The van der Waals surface area contributed by atoms with Crippen LogP contribution in [0.2, 0.25) is 0 Å². The molecule has 3 rings (SSSR count). The first kappa shape index (κ1) is 21.5. The number of hydrogen-bond acceptors (Lipinski definition) is 3. The largest absolute Gasteiger partial charge is 0.359 e. The number of halogens is 1. The molecule has 0 spiro atoms. The zero-order valence-electron chi connectivity index (χ0n) is 16.1. The molecule has 1 heterocycles. The third-order valence-corrected chi connectivity index (χ3v) is 4.49. The van der Waals surface area contributed by atoms with Gasteiger partial charge < -0.3 is 10.6 Å². The Hall–Kier alpha value is -2.85. The van der Waals surface area contributed by atoms with E-state index in [9.17, 15) is 9.59 Å². The molecule has 5 heteroatoms. The van der Waals surface area contributed by atoms with E-state index in [0.717, 1.165) is 0 Å². The summed E-state index contributed by atoms with van der Waals surface area (Å²) in [7, 11) is 0. The molecule has 0 aliphatic carbocycles. The summed E-state index contributed by atoms with van der Waals surface area (Å²) in [5, 5.41) is 5.60. The summed E-state index contributed by atoms with van der Waals surface area (Å²) in [6.45, 7) is 4.36. The van der Waals surface area contributed by atoms with Gasteiger partial charge in [-0.2, -0.15) is 0 Å². The number of para-hydroxylation sites is 1. The second-order valence-corrected chi connectivity index (χ2v) is 6.94. The van der Waals surface area contributed by atoms with Crippen LogP contribution in [0.25, 0.3) is 0 Å².